The van der Waals surface area contributed by atoms with E-state index in [1.54, 1.807) is 0 Å². The Hall–Kier alpha value is -2.70. The van der Waals surface area contributed by atoms with Gasteiger partial charge in [0.2, 0.25) is 5.91 Å². The third-order valence-electron chi connectivity index (χ3n) is 9.65. The topological polar surface area (TPSA) is 95.9 Å². The number of carbonyl (C=O) groups is 2. The number of ether oxygens (including phenoxy) is 1. The molecule has 0 saturated heterocycles. The maximum atomic E-state index is 13.1. The number of aliphatic hydroxyl groups excluding tert-OH is 2. The second kappa shape index (κ2) is 41.5. The lowest BCUT2D eigenvalue weighted by molar-refractivity contribution is -0.151. The first-order chi connectivity index (χ1) is 26.5. The predicted octanol–water partition coefficient (Wildman–Crippen LogP) is 12.7. The summed E-state index contributed by atoms with van der Waals surface area (Å²) in [4.78, 5) is 25.9. The summed E-state index contributed by atoms with van der Waals surface area (Å²) in [6.07, 6.45) is 51.0. The average Bonchev–Trinajstić information content (AvgIpc) is 3.16. The fourth-order valence-electron chi connectivity index (χ4n) is 6.31. The van der Waals surface area contributed by atoms with E-state index in [0.29, 0.717) is 19.3 Å². The quantitative estimate of drug-likeness (QED) is 0.0331. The fourth-order valence-corrected chi connectivity index (χ4v) is 6.31. The summed E-state index contributed by atoms with van der Waals surface area (Å²) in [7, 11) is 0. The van der Waals surface area contributed by atoms with Gasteiger partial charge in [0.05, 0.1) is 25.2 Å². The first-order valence-electron chi connectivity index (χ1n) is 22.2. The number of unbranched alkanes of at least 4 members (excludes halogenated alkanes) is 18. The van der Waals surface area contributed by atoms with Crippen LogP contribution in [0.3, 0.4) is 0 Å². The lowest BCUT2D eigenvalue weighted by atomic mass is 10.0. The minimum absolute atomic E-state index is 0.0426. The highest BCUT2D eigenvalue weighted by Gasteiger charge is 2.24. The third kappa shape index (κ3) is 36.3. The van der Waals surface area contributed by atoms with Gasteiger partial charge in [-0.1, -0.05) is 190 Å². The van der Waals surface area contributed by atoms with E-state index >= 15 is 0 Å². The minimum Gasteiger partial charge on any atom is -0.462 e. The molecule has 310 valence electrons. The molecule has 0 bridgehead atoms. The van der Waals surface area contributed by atoms with Crippen LogP contribution >= 0.6 is 0 Å². The van der Waals surface area contributed by atoms with E-state index in [1.807, 2.05) is 12.2 Å². The largest absolute Gasteiger partial charge is 0.462 e. The van der Waals surface area contributed by atoms with E-state index in [0.717, 1.165) is 96.3 Å². The van der Waals surface area contributed by atoms with Crippen LogP contribution in [0, 0.1) is 0 Å². The number of hydrogen-bond donors (Lipinski definition) is 3. The van der Waals surface area contributed by atoms with Gasteiger partial charge in [0, 0.05) is 6.42 Å². The molecule has 54 heavy (non-hydrogen) atoms. The van der Waals surface area contributed by atoms with Crippen LogP contribution in [-0.2, 0) is 14.3 Å². The molecule has 3 atom stereocenters. The van der Waals surface area contributed by atoms with Gasteiger partial charge in [-0.15, -0.1) is 0 Å². The molecule has 3 N–H and O–H groups in total. The van der Waals surface area contributed by atoms with Gasteiger partial charge in [0.15, 0.2) is 0 Å². The number of aliphatic hydroxyl groups is 2. The Labute approximate surface area is 332 Å². The highest BCUT2D eigenvalue weighted by atomic mass is 16.5. The van der Waals surface area contributed by atoms with Gasteiger partial charge in [-0.2, -0.15) is 0 Å². The second-order valence-electron chi connectivity index (χ2n) is 14.8. The van der Waals surface area contributed by atoms with Crippen molar-refractivity contribution in [2.24, 2.45) is 0 Å². The zero-order valence-corrected chi connectivity index (χ0v) is 35.1. The molecule has 0 aromatic carbocycles. The number of hydrogen-bond acceptors (Lipinski definition) is 5. The van der Waals surface area contributed by atoms with Crippen LogP contribution in [0.2, 0.25) is 0 Å². The van der Waals surface area contributed by atoms with E-state index in [1.165, 1.54) is 51.4 Å². The van der Waals surface area contributed by atoms with Crippen LogP contribution in [-0.4, -0.2) is 46.9 Å². The molecule has 6 nitrogen and oxygen atoms in total. The maximum absolute atomic E-state index is 13.1. The van der Waals surface area contributed by atoms with Crippen LogP contribution in [0.25, 0.3) is 0 Å². The fraction of sp³-hybridized carbons (Fsp3) is 0.708. The number of allylic oxidation sites excluding steroid dienone is 12. The Morgan fingerprint density at radius 3 is 1.52 bits per heavy atom. The standard InChI is InChI=1S/C48H83NO5/c1-4-7-10-13-16-19-22-23-26-29-32-35-38-41-48(53)54-44(39-36-33-30-27-24-20-17-14-11-8-5-2)42-47(52)49-45(43-50)46(51)40-37-34-31-28-25-21-18-15-12-9-6-3/h7-8,10-11,13-14,16-17,19-20,22,24,44-46,50-51H,4-6,9,12,15,18,21,23,25-43H2,1-3H3,(H,49,52)/b10-7+,11-8+,16-13+,17-14+,22-19-,24-20-. The van der Waals surface area contributed by atoms with Crippen LogP contribution in [0.4, 0.5) is 0 Å². The van der Waals surface area contributed by atoms with Gasteiger partial charge < -0.3 is 20.3 Å². The molecule has 0 rings (SSSR count). The summed E-state index contributed by atoms with van der Waals surface area (Å²) >= 11 is 0. The normalized spacial score (nSPS) is 14.1. The van der Waals surface area contributed by atoms with Crippen LogP contribution in [0.15, 0.2) is 72.9 Å². The molecule has 0 aliphatic carbocycles. The first-order valence-corrected chi connectivity index (χ1v) is 22.2. The van der Waals surface area contributed by atoms with Crippen molar-refractivity contribution >= 4 is 11.9 Å². The van der Waals surface area contributed by atoms with E-state index in [2.05, 4.69) is 86.8 Å². The van der Waals surface area contributed by atoms with Crippen molar-refractivity contribution in [1.29, 1.82) is 0 Å². The van der Waals surface area contributed by atoms with Crippen molar-refractivity contribution in [2.45, 2.75) is 212 Å². The Morgan fingerprint density at radius 2 is 1.00 bits per heavy atom. The summed E-state index contributed by atoms with van der Waals surface area (Å²) in [6, 6.07) is -0.717. The number of nitrogens with one attached hydrogen (secondary N) is 1. The smallest absolute Gasteiger partial charge is 0.306 e. The van der Waals surface area contributed by atoms with Crippen molar-refractivity contribution in [1.82, 2.24) is 5.32 Å². The summed E-state index contributed by atoms with van der Waals surface area (Å²) in [5.74, 6) is -0.541. The van der Waals surface area contributed by atoms with Gasteiger partial charge in [-0.25, -0.2) is 0 Å². The Balaban J connectivity index is 4.68. The molecule has 0 aromatic rings. The Bertz CT molecular complexity index is 1030. The van der Waals surface area contributed by atoms with Crippen LogP contribution < -0.4 is 5.32 Å². The van der Waals surface area contributed by atoms with Crippen LogP contribution in [0.1, 0.15) is 194 Å². The molecule has 0 saturated carbocycles. The van der Waals surface area contributed by atoms with Crippen molar-refractivity contribution in [3.8, 4) is 0 Å². The monoisotopic (exact) mass is 754 g/mol. The Kier molecular flexibility index (Phi) is 39.4. The zero-order chi connectivity index (χ0) is 39.6. The second-order valence-corrected chi connectivity index (χ2v) is 14.8. The van der Waals surface area contributed by atoms with Gasteiger partial charge in [0.1, 0.15) is 6.10 Å². The molecule has 3 unspecified atom stereocenters. The lowest BCUT2D eigenvalue weighted by Crippen LogP contribution is -2.46. The lowest BCUT2D eigenvalue weighted by Gasteiger charge is -2.24. The highest BCUT2D eigenvalue weighted by Crippen LogP contribution is 2.17. The molecule has 6 heteroatoms. The van der Waals surface area contributed by atoms with Crippen molar-refractivity contribution < 1.29 is 24.5 Å². The molecule has 0 spiro atoms. The molecule has 0 heterocycles. The maximum Gasteiger partial charge on any atom is 0.306 e. The van der Waals surface area contributed by atoms with Gasteiger partial charge >= 0.3 is 5.97 Å². The van der Waals surface area contributed by atoms with Gasteiger partial charge in [0.25, 0.3) is 0 Å². The Morgan fingerprint density at radius 1 is 0.556 bits per heavy atom. The number of carbonyl (C=O) groups excluding carboxylic acids is 2. The molecule has 0 aliphatic heterocycles. The average molecular weight is 754 g/mol. The number of esters is 1. The van der Waals surface area contributed by atoms with E-state index in [4.69, 9.17) is 4.74 Å². The summed E-state index contributed by atoms with van der Waals surface area (Å²) < 4.78 is 5.87. The number of rotatable bonds is 38. The molecule has 1 amide bonds. The van der Waals surface area contributed by atoms with E-state index < -0.39 is 18.2 Å². The molecule has 0 fully saturated rings. The van der Waals surface area contributed by atoms with Crippen molar-refractivity contribution in [3.05, 3.63) is 72.9 Å². The summed E-state index contributed by atoms with van der Waals surface area (Å²) in [6.45, 7) is 6.17. The summed E-state index contributed by atoms with van der Waals surface area (Å²) in [5.41, 5.74) is 0. The molecule has 0 aliphatic rings. The molecular weight excluding hydrogens is 671 g/mol. The van der Waals surface area contributed by atoms with Gasteiger partial charge in [-0.3, -0.25) is 9.59 Å². The summed E-state index contributed by atoms with van der Waals surface area (Å²) in [5, 5.41) is 23.6. The predicted molar refractivity (Wildman–Crippen MR) is 231 cm³/mol. The van der Waals surface area contributed by atoms with Crippen molar-refractivity contribution in [2.75, 3.05) is 6.61 Å². The minimum atomic E-state index is -0.801. The number of amides is 1. The SMILES string of the molecule is CC/C=C/C=C/C=C\CCCCCCCC(=O)OC(CCCCC\C=C/C=C/C=C/CC)CC(=O)NC(CO)C(O)CCCCCCCCCCCCC. The third-order valence-corrected chi connectivity index (χ3v) is 9.65. The molecule has 0 radical (unpaired) electrons. The zero-order valence-electron chi connectivity index (χ0n) is 35.1. The van der Waals surface area contributed by atoms with Crippen LogP contribution in [0.5, 0.6) is 0 Å². The molecular formula is C48H83NO5. The van der Waals surface area contributed by atoms with Crippen molar-refractivity contribution in [3.63, 3.8) is 0 Å². The van der Waals surface area contributed by atoms with E-state index in [9.17, 15) is 19.8 Å². The highest BCUT2D eigenvalue weighted by molar-refractivity contribution is 5.77. The first kappa shape index (κ1) is 51.3. The molecule has 0 aromatic heterocycles. The van der Waals surface area contributed by atoms with Gasteiger partial charge in [-0.05, 0) is 64.2 Å². The van der Waals surface area contributed by atoms with E-state index in [-0.39, 0.29) is 24.9 Å².